The van der Waals surface area contributed by atoms with Gasteiger partial charge in [-0.3, -0.25) is 4.98 Å². The van der Waals surface area contributed by atoms with E-state index in [0.29, 0.717) is 0 Å². The largest absolute Gasteiger partial charge is 0.506 e. The minimum atomic E-state index is 0.197. The summed E-state index contributed by atoms with van der Waals surface area (Å²) in [5.74, 6) is 0.197. The van der Waals surface area contributed by atoms with E-state index in [4.69, 9.17) is 5.11 Å². The Morgan fingerprint density at radius 1 is 1.00 bits per heavy atom. The van der Waals surface area contributed by atoms with Gasteiger partial charge >= 0.3 is 0 Å². The summed E-state index contributed by atoms with van der Waals surface area (Å²) < 4.78 is 0. The van der Waals surface area contributed by atoms with E-state index in [9.17, 15) is 0 Å². The van der Waals surface area contributed by atoms with Crippen LogP contribution in [0.15, 0.2) is 36.5 Å². The maximum atomic E-state index is 9.15. The third-order valence-corrected chi connectivity index (χ3v) is 2.27. The molecule has 1 N–H and O–H groups in total. The molecule has 2 heteroatoms. The minimum Gasteiger partial charge on any atom is -0.506 e. The van der Waals surface area contributed by atoms with E-state index >= 15 is 0 Å². The number of aromatic hydroxyl groups is 1. The SMILES string of the molecule is Cc1cc(C)cc(-c2ccc(O)cn2)c1. The Hall–Kier alpha value is -1.83. The summed E-state index contributed by atoms with van der Waals surface area (Å²) in [6.45, 7) is 4.13. The zero-order valence-electron chi connectivity index (χ0n) is 8.86. The molecule has 0 bridgehead atoms. The van der Waals surface area contributed by atoms with Gasteiger partial charge in [0.25, 0.3) is 0 Å². The second-order valence-corrected chi connectivity index (χ2v) is 3.78. The summed E-state index contributed by atoms with van der Waals surface area (Å²) in [4.78, 5) is 4.18. The van der Waals surface area contributed by atoms with E-state index < -0.39 is 0 Å². The summed E-state index contributed by atoms with van der Waals surface area (Å²) >= 11 is 0. The Bertz CT molecular complexity index is 454. The molecule has 0 saturated heterocycles. The first kappa shape index (κ1) is 9.71. The van der Waals surface area contributed by atoms with Crippen molar-refractivity contribution in [2.24, 2.45) is 0 Å². The number of nitrogens with zero attached hydrogens (tertiary/aromatic N) is 1. The van der Waals surface area contributed by atoms with Crippen LogP contribution < -0.4 is 0 Å². The van der Waals surface area contributed by atoms with Crippen LogP contribution in [0.2, 0.25) is 0 Å². The monoisotopic (exact) mass is 199 g/mol. The van der Waals surface area contributed by atoms with Crippen molar-refractivity contribution in [2.45, 2.75) is 13.8 Å². The number of hydrogen-bond donors (Lipinski definition) is 1. The van der Waals surface area contributed by atoms with Gasteiger partial charge in [0.05, 0.1) is 11.9 Å². The molecule has 0 radical (unpaired) electrons. The zero-order chi connectivity index (χ0) is 10.8. The maximum Gasteiger partial charge on any atom is 0.133 e. The van der Waals surface area contributed by atoms with Gasteiger partial charge in [0.15, 0.2) is 0 Å². The second-order valence-electron chi connectivity index (χ2n) is 3.78. The van der Waals surface area contributed by atoms with Crippen LogP contribution >= 0.6 is 0 Å². The van der Waals surface area contributed by atoms with Gasteiger partial charge in [0.2, 0.25) is 0 Å². The molecule has 0 saturated carbocycles. The Labute approximate surface area is 89.2 Å². The number of rotatable bonds is 1. The first-order valence-electron chi connectivity index (χ1n) is 4.89. The van der Waals surface area contributed by atoms with Gasteiger partial charge in [0.1, 0.15) is 5.75 Å². The summed E-state index contributed by atoms with van der Waals surface area (Å²) in [6, 6.07) is 9.78. The van der Waals surface area contributed by atoms with Crippen LogP contribution in [0.3, 0.4) is 0 Å². The lowest BCUT2D eigenvalue weighted by Gasteiger charge is -2.04. The molecule has 0 amide bonds. The number of pyridine rings is 1. The molecule has 0 aliphatic carbocycles. The van der Waals surface area contributed by atoms with E-state index in [-0.39, 0.29) is 5.75 Å². The van der Waals surface area contributed by atoms with Crippen molar-refractivity contribution < 1.29 is 5.11 Å². The first-order chi connectivity index (χ1) is 7.15. The van der Waals surface area contributed by atoms with Crippen LogP contribution in [-0.2, 0) is 0 Å². The van der Waals surface area contributed by atoms with Gasteiger partial charge in [-0.2, -0.15) is 0 Å². The summed E-state index contributed by atoms with van der Waals surface area (Å²) in [6.07, 6.45) is 1.47. The van der Waals surface area contributed by atoms with Crippen molar-refractivity contribution in [1.29, 1.82) is 0 Å². The standard InChI is InChI=1S/C13H13NO/c1-9-5-10(2)7-11(6-9)13-4-3-12(15)8-14-13/h3-8,15H,1-2H3. The molecule has 0 unspecified atom stereocenters. The van der Waals surface area contributed by atoms with Crippen molar-refractivity contribution in [3.05, 3.63) is 47.7 Å². The van der Waals surface area contributed by atoms with E-state index in [1.807, 2.05) is 6.07 Å². The molecule has 1 aromatic heterocycles. The summed E-state index contributed by atoms with van der Waals surface area (Å²) in [7, 11) is 0. The van der Waals surface area contributed by atoms with Crippen LogP contribution in [0, 0.1) is 13.8 Å². The smallest absolute Gasteiger partial charge is 0.133 e. The van der Waals surface area contributed by atoms with Gasteiger partial charge in [-0.1, -0.05) is 17.2 Å². The summed E-state index contributed by atoms with van der Waals surface area (Å²) in [5.41, 5.74) is 4.42. The van der Waals surface area contributed by atoms with Gasteiger partial charge in [0, 0.05) is 5.56 Å². The van der Waals surface area contributed by atoms with E-state index in [2.05, 4.69) is 37.0 Å². The molecule has 0 spiro atoms. The highest BCUT2D eigenvalue weighted by molar-refractivity contribution is 5.61. The average molecular weight is 199 g/mol. The minimum absolute atomic E-state index is 0.197. The highest BCUT2D eigenvalue weighted by atomic mass is 16.3. The summed E-state index contributed by atoms with van der Waals surface area (Å²) in [5, 5.41) is 9.15. The maximum absolute atomic E-state index is 9.15. The highest BCUT2D eigenvalue weighted by Gasteiger charge is 2.00. The van der Waals surface area contributed by atoms with Crippen LogP contribution in [-0.4, -0.2) is 10.1 Å². The number of aromatic nitrogens is 1. The first-order valence-corrected chi connectivity index (χ1v) is 4.89. The number of hydrogen-bond acceptors (Lipinski definition) is 2. The van der Waals surface area contributed by atoms with Crippen molar-refractivity contribution in [2.75, 3.05) is 0 Å². The van der Waals surface area contributed by atoms with Gasteiger partial charge in [-0.15, -0.1) is 0 Å². The highest BCUT2D eigenvalue weighted by Crippen LogP contribution is 2.21. The van der Waals surface area contributed by atoms with Crippen molar-refractivity contribution in [3.63, 3.8) is 0 Å². The lowest BCUT2D eigenvalue weighted by Crippen LogP contribution is -1.85. The normalized spacial score (nSPS) is 10.3. The molecular weight excluding hydrogens is 186 g/mol. The lowest BCUT2D eigenvalue weighted by atomic mass is 10.0. The number of benzene rings is 1. The van der Waals surface area contributed by atoms with Gasteiger partial charge in [-0.05, 0) is 38.1 Å². The second kappa shape index (κ2) is 3.73. The molecule has 1 aromatic carbocycles. The molecule has 2 aromatic rings. The Balaban J connectivity index is 2.49. The quantitative estimate of drug-likeness (QED) is 0.765. The van der Waals surface area contributed by atoms with Crippen LogP contribution in [0.25, 0.3) is 11.3 Å². The van der Waals surface area contributed by atoms with Crippen LogP contribution in [0.5, 0.6) is 5.75 Å². The molecule has 1 heterocycles. The van der Waals surface area contributed by atoms with Crippen molar-refractivity contribution in [1.82, 2.24) is 4.98 Å². The number of aryl methyl sites for hydroxylation is 2. The molecule has 15 heavy (non-hydrogen) atoms. The molecule has 2 nitrogen and oxygen atoms in total. The van der Waals surface area contributed by atoms with Crippen molar-refractivity contribution in [3.8, 4) is 17.0 Å². The van der Waals surface area contributed by atoms with Gasteiger partial charge in [-0.25, -0.2) is 0 Å². The fourth-order valence-corrected chi connectivity index (χ4v) is 1.68. The molecule has 0 aliphatic heterocycles. The average Bonchev–Trinajstić information content (AvgIpc) is 2.17. The lowest BCUT2D eigenvalue weighted by molar-refractivity contribution is 0.473. The van der Waals surface area contributed by atoms with Gasteiger partial charge < -0.3 is 5.11 Å². The predicted octanol–water partition coefficient (Wildman–Crippen LogP) is 3.07. The Kier molecular flexibility index (Phi) is 2.42. The topological polar surface area (TPSA) is 33.1 Å². The van der Waals surface area contributed by atoms with E-state index in [1.54, 1.807) is 6.07 Å². The van der Waals surface area contributed by atoms with Crippen LogP contribution in [0.4, 0.5) is 0 Å². The molecule has 76 valence electrons. The zero-order valence-corrected chi connectivity index (χ0v) is 8.86. The van der Waals surface area contributed by atoms with E-state index in [1.165, 1.54) is 17.3 Å². The Morgan fingerprint density at radius 2 is 1.67 bits per heavy atom. The van der Waals surface area contributed by atoms with E-state index in [0.717, 1.165) is 11.3 Å². The third-order valence-electron chi connectivity index (χ3n) is 2.27. The molecule has 0 atom stereocenters. The molecule has 2 rings (SSSR count). The molecule has 0 aliphatic rings. The Morgan fingerprint density at radius 3 is 2.20 bits per heavy atom. The van der Waals surface area contributed by atoms with Crippen molar-refractivity contribution >= 4 is 0 Å². The molecule has 0 fully saturated rings. The third kappa shape index (κ3) is 2.15. The van der Waals surface area contributed by atoms with Crippen LogP contribution in [0.1, 0.15) is 11.1 Å². The fraction of sp³-hybridized carbons (Fsp3) is 0.154. The fourth-order valence-electron chi connectivity index (χ4n) is 1.68. The predicted molar refractivity (Wildman–Crippen MR) is 60.8 cm³/mol. The molecular formula is C13H13NO.